The average Bonchev–Trinajstić information content (AvgIpc) is 2.88. The van der Waals surface area contributed by atoms with Crippen molar-refractivity contribution >= 4 is 22.5 Å². The molecule has 20 heavy (non-hydrogen) atoms. The third kappa shape index (κ3) is 1.88. The van der Waals surface area contributed by atoms with Crippen LogP contribution in [-0.4, -0.2) is 21.6 Å². The zero-order chi connectivity index (χ0) is 14.1. The van der Waals surface area contributed by atoms with Crippen molar-refractivity contribution in [2.45, 2.75) is 0 Å². The smallest absolute Gasteiger partial charge is 0.160 e. The van der Waals surface area contributed by atoms with Gasteiger partial charge in [0.05, 0.1) is 23.5 Å². The Morgan fingerprint density at radius 2 is 1.90 bits per heavy atom. The van der Waals surface area contributed by atoms with Crippen LogP contribution < -0.4 is 4.90 Å². The summed E-state index contributed by atoms with van der Waals surface area (Å²) in [6.07, 6.45) is 3.56. The molecule has 5 nitrogen and oxygen atoms in total. The first-order valence-electron chi connectivity index (χ1n) is 6.20. The molecule has 0 amide bonds. The van der Waals surface area contributed by atoms with Gasteiger partial charge in [-0.3, -0.25) is 0 Å². The van der Waals surface area contributed by atoms with Gasteiger partial charge >= 0.3 is 0 Å². The number of imidazole rings is 1. The predicted molar refractivity (Wildman–Crippen MR) is 77.7 cm³/mol. The number of rotatable bonds is 2. The Labute approximate surface area is 116 Å². The van der Waals surface area contributed by atoms with Gasteiger partial charge in [-0.25, -0.2) is 9.97 Å². The van der Waals surface area contributed by atoms with Crippen LogP contribution in [0.5, 0.6) is 0 Å². The molecule has 3 aromatic rings. The number of hydrogen-bond acceptors (Lipinski definition) is 4. The Morgan fingerprint density at radius 3 is 2.60 bits per heavy atom. The van der Waals surface area contributed by atoms with Crippen molar-refractivity contribution < 1.29 is 0 Å². The molecule has 0 fully saturated rings. The van der Waals surface area contributed by atoms with Gasteiger partial charge in [0.25, 0.3) is 0 Å². The van der Waals surface area contributed by atoms with E-state index in [9.17, 15) is 0 Å². The van der Waals surface area contributed by atoms with Gasteiger partial charge in [0.1, 0.15) is 5.52 Å². The number of nitrogens with zero attached hydrogens (tertiary/aromatic N) is 5. The number of hydrogen-bond donors (Lipinski definition) is 0. The average molecular weight is 263 g/mol. The maximum absolute atomic E-state index is 8.84. The first-order valence-corrected chi connectivity index (χ1v) is 6.20. The molecule has 1 aromatic carbocycles. The second kappa shape index (κ2) is 4.67. The van der Waals surface area contributed by atoms with Gasteiger partial charge in [-0.05, 0) is 30.3 Å². The lowest BCUT2D eigenvalue weighted by molar-refractivity contribution is 0.947. The van der Waals surface area contributed by atoms with E-state index in [2.05, 4.69) is 16.0 Å². The fourth-order valence-corrected chi connectivity index (χ4v) is 2.18. The fourth-order valence-electron chi connectivity index (χ4n) is 2.18. The van der Waals surface area contributed by atoms with Crippen molar-refractivity contribution in [1.82, 2.24) is 14.5 Å². The van der Waals surface area contributed by atoms with E-state index in [0.717, 1.165) is 22.5 Å². The van der Waals surface area contributed by atoms with E-state index in [-0.39, 0.29) is 0 Å². The van der Waals surface area contributed by atoms with Crippen molar-refractivity contribution in [1.29, 1.82) is 5.26 Å². The maximum atomic E-state index is 8.84. The lowest BCUT2D eigenvalue weighted by atomic mass is 10.2. The molecule has 0 bridgehead atoms. The normalized spacial score (nSPS) is 10.4. The molecule has 0 aliphatic heterocycles. The molecule has 2 aromatic heterocycles. The summed E-state index contributed by atoms with van der Waals surface area (Å²) in [5, 5.41) is 8.84. The third-order valence-corrected chi connectivity index (χ3v) is 3.33. The molecule has 0 aliphatic carbocycles. The molecular formula is C15H13N5. The lowest BCUT2D eigenvalue weighted by Gasteiger charge is -2.18. The molecule has 0 spiro atoms. The van der Waals surface area contributed by atoms with Crippen molar-refractivity contribution in [3.05, 3.63) is 48.4 Å². The van der Waals surface area contributed by atoms with Gasteiger partial charge in [0.2, 0.25) is 0 Å². The number of anilines is 2. The van der Waals surface area contributed by atoms with Crippen molar-refractivity contribution in [3.63, 3.8) is 0 Å². The predicted octanol–water partition coefficient (Wildman–Crippen LogP) is 2.61. The monoisotopic (exact) mass is 263 g/mol. The number of aromatic nitrogens is 3. The summed E-state index contributed by atoms with van der Waals surface area (Å²) in [4.78, 5) is 10.8. The summed E-state index contributed by atoms with van der Waals surface area (Å²) in [5.74, 6) is 0.799. The minimum absolute atomic E-state index is 0.645. The van der Waals surface area contributed by atoms with Crippen LogP contribution in [0.1, 0.15) is 5.56 Å². The van der Waals surface area contributed by atoms with Crippen LogP contribution in [0, 0.1) is 11.3 Å². The number of pyridine rings is 1. The lowest BCUT2D eigenvalue weighted by Crippen LogP contribution is -2.11. The Balaban J connectivity index is 2.07. The Bertz CT molecular complexity index is 795. The third-order valence-electron chi connectivity index (χ3n) is 3.33. The van der Waals surface area contributed by atoms with Crippen LogP contribution in [0.15, 0.2) is 42.9 Å². The second-order valence-electron chi connectivity index (χ2n) is 4.58. The fraction of sp³-hybridized carbons (Fsp3) is 0.133. The molecule has 5 heteroatoms. The highest BCUT2D eigenvalue weighted by molar-refractivity contribution is 5.88. The van der Waals surface area contributed by atoms with E-state index in [1.807, 2.05) is 41.8 Å². The summed E-state index contributed by atoms with van der Waals surface area (Å²) in [6, 6.07) is 11.5. The molecule has 0 atom stereocenters. The van der Waals surface area contributed by atoms with Crippen molar-refractivity contribution in [2.75, 3.05) is 11.9 Å². The Morgan fingerprint density at radius 1 is 1.15 bits per heavy atom. The van der Waals surface area contributed by atoms with E-state index in [1.165, 1.54) is 0 Å². The van der Waals surface area contributed by atoms with Crippen molar-refractivity contribution in [3.8, 4) is 6.07 Å². The van der Waals surface area contributed by atoms with Crippen molar-refractivity contribution in [2.24, 2.45) is 7.05 Å². The number of aryl methyl sites for hydroxylation is 1. The Kier molecular flexibility index (Phi) is 2.84. The zero-order valence-corrected chi connectivity index (χ0v) is 11.3. The number of nitriles is 1. The summed E-state index contributed by atoms with van der Waals surface area (Å²) in [5.41, 5.74) is 3.51. The Hall–Kier alpha value is -2.87. The van der Waals surface area contributed by atoms with E-state index < -0.39 is 0 Å². The van der Waals surface area contributed by atoms with E-state index in [4.69, 9.17) is 5.26 Å². The van der Waals surface area contributed by atoms with E-state index >= 15 is 0 Å². The zero-order valence-electron chi connectivity index (χ0n) is 11.3. The van der Waals surface area contributed by atoms with Gasteiger partial charge in [0.15, 0.2) is 5.82 Å². The number of benzene rings is 1. The summed E-state index contributed by atoms with van der Waals surface area (Å²) in [7, 11) is 3.90. The number of fused-ring (bicyclic) bond motifs is 1. The molecule has 2 heterocycles. The first kappa shape index (κ1) is 12.2. The van der Waals surface area contributed by atoms with Crippen LogP contribution in [-0.2, 0) is 7.05 Å². The van der Waals surface area contributed by atoms with Crippen LogP contribution in [0.3, 0.4) is 0 Å². The molecular weight excluding hydrogens is 250 g/mol. The SMILES string of the molecule is CN(c1ccc(C#N)cc1)c1nccc2c1ncn2C. The van der Waals surface area contributed by atoms with E-state index in [0.29, 0.717) is 5.56 Å². The minimum Gasteiger partial charge on any atom is -0.334 e. The quantitative estimate of drug-likeness (QED) is 0.713. The molecule has 0 aliphatic rings. The molecule has 98 valence electrons. The summed E-state index contributed by atoms with van der Waals surface area (Å²) < 4.78 is 1.97. The van der Waals surface area contributed by atoms with E-state index in [1.54, 1.807) is 24.7 Å². The standard InChI is InChI=1S/C15H13N5/c1-19-10-18-14-13(19)7-8-17-15(14)20(2)12-5-3-11(9-16)4-6-12/h3-8,10H,1-2H3. The topological polar surface area (TPSA) is 57.7 Å². The van der Waals surface area contributed by atoms with Crippen LogP contribution >= 0.6 is 0 Å². The van der Waals surface area contributed by atoms with Crippen LogP contribution in [0.4, 0.5) is 11.5 Å². The summed E-state index contributed by atoms with van der Waals surface area (Å²) in [6.45, 7) is 0. The van der Waals surface area contributed by atoms with Gasteiger partial charge in [-0.15, -0.1) is 0 Å². The largest absolute Gasteiger partial charge is 0.334 e. The van der Waals surface area contributed by atoms with Crippen LogP contribution in [0.25, 0.3) is 11.0 Å². The van der Waals surface area contributed by atoms with Gasteiger partial charge in [0, 0.05) is 26.0 Å². The highest BCUT2D eigenvalue weighted by Gasteiger charge is 2.12. The van der Waals surface area contributed by atoms with Crippen LogP contribution in [0.2, 0.25) is 0 Å². The molecule has 0 saturated heterocycles. The maximum Gasteiger partial charge on any atom is 0.160 e. The highest BCUT2D eigenvalue weighted by Crippen LogP contribution is 2.27. The molecule has 3 rings (SSSR count). The molecule has 0 saturated carbocycles. The van der Waals surface area contributed by atoms with Gasteiger partial charge in [-0.1, -0.05) is 0 Å². The summed E-state index contributed by atoms with van der Waals surface area (Å²) >= 11 is 0. The molecule has 0 N–H and O–H groups in total. The highest BCUT2D eigenvalue weighted by atomic mass is 15.2. The first-order chi connectivity index (χ1) is 9.70. The van der Waals surface area contributed by atoms with Gasteiger partial charge < -0.3 is 9.47 Å². The second-order valence-corrected chi connectivity index (χ2v) is 4.58. The molecule has 0 unspecified atom stereocenters. The van der Waals surface area contributed by atoms with Gasteiger partial charge in [-0.2, -0.15) is 5.26 Å². The minimum atomic E-state index is 0.645. The molecule has 0 radical (unpaired) electrons.